The van der Waals surface area contributed by atoms with Crippen LogP contribution in [0, 0.1) is 19.8 Å². The molecule has 0 saturated heterocycles. The Kier molecular flexibility index (Phi) is 2.99. The fourth-order valence-corrected chi connectivity index (χ4v) is 2.68. The van der Waals surface area contributed by atoms with Gasteiger partial charge in [-0.2, -0.15) is 0 Å². The predicted molar refractivity (Wildman–Crippen MR) is 63.4 cm³/mol. The first-order chi connectivity index (χ1) is 7.61. The molecular formula is C14H18O2. The summed E-state index contributed by atoms with van der Waals surface area (Å²) in [6.45, 7) is 4.26. The number of rotatable bonds is 1. The number of fused-ring (bicyclic) bond motifs is 1. The monoisotopic (exact) mass is 218 g/mol. The topological polar surface area (TPSA) is 26.3 Å². The summed E-state index contributed by atoms with van der Waals surface area (Å²) in [4.78, 5) is 11.5. The summed E-state index contributed by atoms with van der Waals surface area (Å²) < 4.78 is 4.83. The van der Waals surface area contributed by atoms with E-state index in [0.717, 1.165) is 19.3 Å². The van der Waals surface area contributed by atoms with E-state index in [9.17, 15) is 4.79 Å². The lowest BCUT2D eigenvalue weighted by Gasteiger charge is -2.24. The van der Waals surface area contributed by atoms with Gasteiger partial charge < -0.3 is 4.74 Å². The molecule has 1 aliphatic rings. The molecule has 16 heavy (non-hydrogen) atoms. The van der Waals surface area contributed by atoms with E-state index in [2.05, 4.69) is 26.0 Å². The Morgan fingerprint density at radius 2 is 2.12 bits per heavy atom. The van der Waals surface area contributed by atoms with E-state index < -0.39 is 0 Å². The number of methoxy groups -OCH3 is 1. The number of aryl methyl sites for hydroxylation is 2. The van der Waals surface area contributed by atoms with Crippen LogP contribution in [0.2, 0.25) is 0 Å². The highest BCUT2D eigenvalue weighted by Gasteiger charge is 2.26. The molecule has 2 nitrogen and oxygen atoms in total. The number of carbonyl (C=O) groups excluding carboxylic acids is 1. The standard InChI is InChI=1S/C14H18O2/c1-9-6-10(2)13-5-4-11(14(15)16-3)8-12(13)7-9/h6-7,11H,4-5,8H2,1-3H3. The molecule has 0 spiro atoms. The van der Waals surface area contributed by atoms with E-state index in [4.69, 9.17) is 4.74 Å². The van der Waals surface area contributed by atoms with Crippen LogP contribution in [0.4, 0.5) is 0 Å². The normalized spacial score (nSPS) is 19.1. The second kappa shape index (κ2) is 4.28. The first-order valence-electron chi connectivity index (χ1n) is 5.78. The molecule has 0 amide bonds. The SMILES string of the molecule is COC(=O)C1CCc2c(C)cc(C)cc2C1. The van der Waals surface area contributed by atoms with Crippen molar-refractivity contribution in [3.8, 4) is 0 Å². The Bertz CT molecular complexity index is 421. The molecule has 1 atom stereocenters. The Morgan fingerprint density at radius 3 is 2.81 bits per heavy atom. The molecule has 1 aromatic carbocycles. The third-order valence-corrected chi connectivity index (χ3v) is 3.45. The molecule has 1 unspecified atom stereocenters. The lowest BCUT2D eigenvalue weighted by molar-refractivity contribution is -0.145. The molecule has 0 aliphatic heterocycles. The van der Waals surface area contributed by atoms with E-state index >= 15 is 0 Å². The van der Waals surface area contributed by atoms with Crippen LogP contribution in [0.15, 0.2) is 12.1 Å². The van der Waals surface area contributed by atoms with E-state index in [-0.39, 0.29) is 11.9 Å². The van der Waals surface area contributed by atoms with Crippen LogP contribution in [-0.2, 0) is 22.4 Å². The van der Waals surface area contributed by atoms with Crippen molar-refractivity contribution in [2.24, 2.45) is 5.92 Å². The molecule has 0 heterocycles. The zero-order chi connectivity index (χ0) is 11.7. The molecule has 0 fully saturated rings. The maximum atomic E-state index is 11.5. The molecule has 0 bridgehead atoms. The molecule has 0 saturated carbocycles. The molecule has 1 aliphatic carbocycles. The van der Waals surface area contributed by atoms with Crippen LogP contribution in [-0.4, -0.2) is 13.1 Å². The van der Waals surface area contributed by atoms with Crippen LogP contribution < -0.4 is 0 Å². The van der Waals surface area contributed by atoms with Gasteiger partial charge in [0, 0.05) is 0 Å². The minimum Gasteiger partial charge on any atom is -0.469 e. The zero-order valence-corrected chi connectivity index (χ0v) is 10.2. The van der Waals surface area contributed by atoms with Crippen molar-refractivity contribution in [3.63, 3.8) is 0 Å². The minimum absolute atomic E-state index is 0.0544. The first-order valence-corrected chi connectivity index (χ1v) is 5.78. The summed E-state index contributed by atoms with van der Waals surface area (Å²) in [6, 6.07) is 4.43. The molecule has 1 aromatic rings. The summed E-state index contributed by atoms with van der Waals surface area (Å²) in [6.07, 6.45) is 2.76. The smallest absolute Gasteiger partial charge is 0.309 e. The van der Waals surface area contributed by atoms with Gasteiger partial charge in [-0.25, -0.2) is 0 Å². The Balaban J connectivity index is 2.30. The van der Waals surface area contributed by atoms with Crippen LogP contribution in [0.1, 0.15) is 28.7 Å². The lowest BCUT2D eigenvalue weighted by atomic mass is 9.81. The fraction of sp³-hybridized carbons (Fsp3) is 0.500. The van der Waals surface area contributed by atoms with Gasteiger partial charge in [-0.3, -0.25) is 4.79 Å². The molecule has 0 N–H and O–H groups in total. The second-order valence-electron chi connectivity index (χ2n) is 4.68. The molecule has 0 radical (unpaired) electrons. The van der Waals surface area contributed by atoms with E-state index in [1.54, 1.807) is 0 Å². The Hall–Kier alpha value is -1.31. The predicted octanol–water partition coefficient (Wildman–Crippen LogP) is 2.58. The van der Waals surface area contributed by atoms with Gasteiger partial charge >= 0.3 is 5.97 Å². The van der Waals surface area contributed by atoms with Crippen molar-refractivity contribution >= 4 is 5.97 Å². The maximum Gasteiger partial charge on any atom is 0.309 e. The molecule has 0 aromatic heterocycles. The average Bonchev–Trinajstić information content (AvgIpc) is 2.27. The third kappa shape index (κ3) is 1.97. The van der Waals surface area contributed by atoms with Gasteiger partial charge in [-0.15, -0.1) is 0 Å². The zero-order valence-electron chi connectivity index (χ0n) is 10.2. The van der Waals surface area contributed by atoms with Crippen molar-refractivity contribution in [1.82, 2.24) is 0 Å². The average molecular weight is 218 g/mol. The van der Waals surface area contributed by atoms with Gasteiger partial charge in [0.25, 0.3) is 0 Å². The van der Waals surface area contributed by atoms with Crippen LogP contribution in [0.25, 0.3) is 0 Å². The number of hydrogen-bond donors (Lipinski definition) is 0. The van der Waals surface area contributed by atoms with Crippen LogP contribution in [0.3, 0.4) is 0 Å². The van der Waals surface area contributed by atoms with Gasteiger partial charge in [0.1, 0.15) is 0 Å². The molecule has 86 valence electrons. The van der Waals surface area contributed by atoms with Crippen LogP contribution in [0.5, 0.6) is 0 Å². The number of carbonyl (C=O) groups is 1. The summed E-state index contributed by atoms with van der Waals surface area (Å²) in [5, 5.41) is 0. The fourth-order valence-electron chi connectivity index (χ4n) is 2.68. The molecular weight excluding hydrogens is 200 g/mol. The molecule has 2 rings (SSSR count). The third-order valence-electron chi connectivity index (χ3n) is 3.45. The van der Waals surface area contributed by atoms with Gasteiger partial charge in [-0.1, -0.05) is 17.7 Å². The summed E-state index contributed by atoms with van der Waals surface area (Å²) in [7, 11) is 1.47. The highest BCUT2D eigenvalue weighted by Crippen LogP contribution is 2.29. The first kappa shape index (κ1) is 11.2. The summed E-state index contributed by atoms with van der Waals surface area (Å²) in [5.74, 6) is -0.0106. The maximum absolute atomic E-state index is 11.5. The van der Waals surface area contributed by atoms with E-state index in [0.29, 0.717) is 0 Å². The quantitative estimate of drug-likeness (QED) is 0.677. The van der Waals surface area contributed by atoms with E-state index in [1.807, 2.05) is 0 Å². The van der Waals surface area contributed by atoms with Crippen molar-refractivity contribution in [2.75, 3.05) is 7.11 Å². The van der Waals surface area contributed by atoms with Crippen molar-refractivity contribution in [3.05, 3.63) is 34.4 Å². The van der Waals surface area contributed by atoms with Gasteiger partial charge in [0.2, 0.25) is 0 Å². The highest BCUT2D eigenvalue weighted by atomic mass is 16.5. The lowest BCUT2D eigenvalue weighted by Crippen LogP contribution is -2.24. The largest absolute Gasteiger partial charge is 0.469 e. The van der Waals surface area contributed by atoms with E-state index in [1.165, 1.54) is 29.4 Å². The summed E-state index contributed by atoms with van der Waals surface area (Å²) >= 11 is 0. The van der Waals surface area contributed by atoms with Crippen molar-refractivity contribution in [2.45, 2.75) is 33.1 Å². The van der Waals surface area contributed by atoms with Crippen molar-refractivity contribution in [1.29, 1.82) is 0 Å². The Labute approximate surface area is 96.6 Å². The van der Waals surface area contributed by atoms with Gasteiger partial charge in [-0.05, 0) is 49.8 Å². The number of esters is 1. The van der Waals surface area contributed by atoms with Crippen molar-refractivity contribution < 1.29 is 9.53 Å². The van der Waals surface area contributed by atoms with Crippen LogP contribution >= 0.6 is 0 Å². The van der Waals surface area contributed by atoms with Gasteiger partial charge in [0.05, 0.1) is 13.0 Å². The second-order valence-corrected chi connectivity index (χ2v) is 4.68. The Morgan fingerprint density at radius 1 is 1.38 bits per heavy atom. The van der Waals surface area contributed by atoms with Gasteiger partial charge in [0.15, 0.2) is 0 Å². The number of ether oxygens (including phenoxy) is 1. The summed E-state index contributed by atoms with van der Waals surface area (Å²) in [5.41, 5.74) is 5.41. The minimum atomic E-state index is -0.0650. The molecule has 2 heteroatoms. The number of benzene rings is 1. The highest BCUT2D eigenvalue weighted by molar-refractivity contribution is 5.73. The number of hydrogen-bond acceptors (Lipinski definition) is 2.